The van der Waals surface area contributed by atoms with E-state index in [-0.39, 0.29) is 0 Å². The fourth-order valence-electron chi connectivity index (χ4n) is 1.59. The molecule has 0 amide bonds. The lowest BCUT2D eigenvalue weighted by molar-refractivity contribution is -0.454. The lowest BCUT2D eigenvalue weighted by Crippen LogP contribution is -2.16. The summed E-state index contributed by atoms with van der Waals surface area (Å²) in [5.74, 6) is 0. The van der Waals surface area contributed by atoms with Crippen LogP contribution in [0.1, 0.15) is 0 Å². The Hall–Kier alpha value is -2.16. The van der Waals surface area contributed by atoms with Crippen molar-refractivity contribution in [2.75, 3.05) is 0 Å². The van der Waals surface area contributed by atoms with E-state index in [1.54, 1.807) is 4.80 Å². The molecule has 0 aliphatic carbocycles. The van der Waals surface area contributed by atoms with Gasteiger partial charge in [-0.2, -0.15) is 5.10 Å². The number of benzene rings is 2. The maximum Gasteiger partial charge on any atom is 0.249 e. The first-order valence-electron chi connectivity index (χ1n) is 4.86. The number of hydrogen-bond acceptors (Lipinski definition) is 1. The summed E-state index contributed by atoms with van der Waals surface area (Å²) < 4.78 is 0. The molecule has 3 nitrogen and oxygen atoms in total. The number of hydrogen-bond donors (Lipinski definition) is 0. The smallest absolute Gasteiger partial charge is 0.161 e. The van der Waals surface area contributed by atoms with Crippen LogP contribution in [-0.4, -0.2) is 9.90 Å². The van der Waals surface area contributed by atoms with Crippen LogP contribution in [0.5, 0.6) is 0 Å². The molecule has 0 bridgehead atoms. The monoisotopic (exact) mass is 196 g/mol. The SMILES string of the molecule is c1ccc(-n2nc3ccccc3[nH+]2)cc1. The van der Waals surface area contributed by atoms with Crippen molar-refractivity contribution in [2.45, 2.75) is 0 Å². The topological polar surface area (TPSA) is 32.0 Å². The van der Waals surface area contributed by atoms with E-state index in [0.29, 0.717) is 0 Å². The predicted octanol–water partition coefficient (Wildman–Crippen LogP) is 1.84. The summed E-state index contributed by atoms with van der Waals surface area (Å²) in [6.45, 7) is 0. The second-order valence-electron chi connectivity index (χ2n) is 3.38. The fraction of sp³-hybridized carbons (Fsp3) is 0. The molecule has 0 saturated carbocycles. The summed E-state index contributed by atoms with van der Waals surface area (Å²) in [5, 5.41) is 7.66. The van der Waals surface area contributed by atoms with Crippen molar-refractivity contribution >= 4 is 11.0 Å². The zero-order valence-electron chi connectivity index (χ0n) is 8.09. The molecule has 1 aromatic heterocycles. The van der Waals surface area contributed by atoms with Gasteiger partial charge in [0.15, 0.2) is 5.52 Å². The highest BCUT2D eigenvalue weighted by Gasteiger charge is 2.10. The molecule has 3 rings (SSSR count). The standard InChI is InChI=1S/C12H9N3/c1-2-6-10(7-3-1)15-13-11-8-4-5-9-12(11)14-15/h1-9H/p+1. The highest BCUT2D eigenvalue weighted by molar-refractivity contribution is 5.69. The van der Waals surface area contributed by atoms with Gasteiger partial charge < -0.3 is 0 Å². The van der Waals surface area contributed by atoms with Crippen molar-refractivity contribution in [3.05, 3.63) is 54.6 Å². The van der Waals surface area contributed by atoms with Crippen molar-refractivity contribution in [3.8, 4) is 5.69 Å². The Morgan fingerprint density at radius 3 is 2.40 bits per heavy atom. The molecule has 1 N–H and O–H groups in total. The minimum absolute atomic E-state index is 0.973. The maximum atomic E-state index is 4.44. The summed E-state index contributed by atoms with van der Waals surface area (Å²) >= 11 is 0. The molecule has 0 fully saturated rings. The number of nitrogens with zero attached hydrogens (tertiary/aromatic N) is 2. The molecular formula is C12H10N3+. The third-order valence-electron chi connectivity index (χ3n) is 2.34. The average molecular weight is 196 g/mol. The van der Waals surface area contributed by atoms with Crippen LogP contribution in [0.25, 0.3) is 16.7 Å². The molecule has 0 unspecified atom stereocenters. The lowest BCUT2D eigenvalue weighted by Gasteiger charge is -1.89. The van der Waals surface area contributed by atoms with Gasteiger partial charge in [0.1, 0.15) is 5.69 Å². The van der Waals surface area contributed by atoms with Gasteiger partial charge in [-0.05, 0) is 29.1 Å². The molecule has 2 aromatic carbocycles. The summed E-state index contributed by atoms with van der Waals surface area (Å²) in [6, 6.07) is 18.0. The van der Waals surface area contributed by atoms with E-state index in [0.717, 1.165) is 16.7 Å². The molecule has 0 radical (unpaired) electrons. The minimum Gasteiger partial charge on any atom is -0.161 e. The second-order valence-corrected chi connectivity index (χ2v) is 3.38. The summed E-state index contributed by atoms with van der Waals surface area (Å²) in [7, 11) is 0. The van der Waals surface area contributed by atoms with Crippen LogP contribution in [0.4, 0.5) is 0 Å². The molecule has 0 atom stereocenters. The van der Waals surface area contributed by atoms with Gasteiger partial charge in [-0.25, -0.2) is 0 Å². The number of fused-ring (bicyclic) bond motifs is 1. The largest absolute Gasteiger partial charge is 0.249 e. The van der Waals surface area contributed by atoms with Gasteiger partial charge in [0.2, 0.25) is 5.52 Å². The zero-order chi connectivity index (χ0) is 10.1. The van der Waals surface area contributed by atoms with Gasteiger partial charge in [0.05, 0.1) is 5.10 Å². The molecule has 3 aromatic rings. The Balaban J connectivity index is 2.21. The van der Waals surface area contributed by atoms with Gasteiger partial charge in [0, 0.05) is 0 Å². The quantitative estimate of drug-likeness (QED) is 0.584. The molecular weight excluding hydrogens is 186 g/mol. The van der Waals surface area contributed by atoms with Crippen LogP contribution in [0.2, 0.25) is 0 Å². The fourth-order valence-corrected chi connectivity index (χ4v) is 1.59. The first kappa shape index (κ1) is 8.17. The number of aromatic nitrogens is 3. The number of aromatic amines is 1. The zero-order valence-corrected chi connectivity index (χ0v) is 8.09. The summed E-state index contributed by atoms with van der Waals surface area (Å²) in [6.07, 6.45) is 0. The molecule has 1 heterocycles. The van der Waals surface area contributed by atoms with Gasteiger partial charge in [-0.3, -0.25) is 0 Å². The Morgan fingerprint density at radius 1 is 0.867 bits per heavy atom. The molecule has 15 heavy (non-hydrogen) atoms. The molecule has 72 valence electrons. The van der Waals surface area contributed by atoms with Crippen LogP contribution in [-0.2, 0) is 0 Å². The van der Waals surface area contributed by atoms with Gasteiger partial charge in [-0.1, -0.05) is 30.3 Å². The third-order valence-corrected chi connectivity index (χ3v) is 2.34. The molecule has 0 aliphatic rings. The Morgan fingerprint density at radius 2 is 1.60 bits per heavy atom. The Bertz CT molecular complexity index is 551. The van der Waals surface area contributed by atoms with E-state index < -0.39 is 0 Å². The first-order chi connectivity index (χ1) is 7.43. The molecule has 0 aliphatic heterocycles. The van der Waals surface area contributed by atoms with Crippen molar-refractivity contribution in [3.63, 3.8) is 0 Å². The predicted molar refractivity (Wildman–Crippen MR) is 57.6 cm³/mol. The molecule has 0 spiro atoms. The van der Waals surface area contributed by atoms with Crippen LogP contribution < -0.4 is 5.10 Å². The van der Waals surface area contributed by atoms with Crippen molar-refractivity contribution in [1.82, 2.24) is 9.90 Å². The van der Waals surface area contributed by atoms with E-state index in [9.17, 15) is 0 Å². The molecule has 0 saturated heterocycles. The van der Waals surface area contributed by atoms with E-state index >= 15 is 0 Å². The van der Waals surface area contributed by atoms with Crippen molar-refractivity contribution in [1.29, 1.82) is 0 Å². The average Bonchev–Trinajstić information content (AvgIpc) is 2.74. The van der Waals surface area contributed by atoms with Gasteiger partial charge >= 0.3 is 0 Å². The van der Waals surface area contributed by atoms with E-state index in [2.05, 4.69) is 10.2 Å². The van der Waals surface area contributed by atoms with Crippen LogP contribution >= 0.6 is 0 Å². The Kier molecular flexibility index (Phi) is 1.75. The number of rotatable bonds is 1. The van der Waals surface area contributed by atoms with Crippen LogP contribution in [0.3, 0.4) is 0 Å². The Labute approximate surface area is 87.0 Å². The van der Waals surface area contributed by atoms with Gasteiger partial charge in [-0.15, -0.1) is 0 Å². The van der Waals surface area contributed by atoms with Crippen LogP contribution in [0.15, 0.2) is 54.6 Å². The minimum atomic E-state index is 0.973. The van der Waals surface area contributed by atoms with Crippen molar-refractivity contribution < 1.29 is 5.10 Å². The number of nitrogens with one attached hydrogen (secondary N) is 1. The lowest BCUT2D eigenvalue weighted by atomic mass is 10.3. The highest BCUT2D eigenvalue weighted by atomic mass is 15.5. The first-order valence-corrected chi connectivity index (χ1v) is 4.86. The van der Waals surface area contributed by atoms with E-state index in [4.69, 9.17) is 0 Å². The summed E-state index contributed by atoms with van der Waals surface area (Å²) in [5.41, 5.74) is 3.05. The van der Waals surface area contributed by atoms with Crippen LogP contribution in [0, 0.1) is 0 Å². The normalized spacial score (nSPS) is 10.7. The summed E-state index contributed by atoms with van der Waals surface area (Å²) in [4.78, 5) is 1.78. The van der Waals surface area contributed by atoms with Crippen molar-refractivity contribution in [2.24, 2.45) is 0 Å². The maximum absolute atomic E-state index is 4.44. The number of H-pyrrole nitrogens is 1. The van der Waals surface area contributed by atoms with E-state index in [1.165, 1.54) is 0 Å². The second kappa shape index (κ2) is 3.20. The van der Waals surface area contributed by atoms with Gasteiger partial charge in [0.25, 0.3) is 0 Å². The van der Waals surface area contributed by atoms with E-state index in [1.807, 2.05) is 54.6 Å². The molecule has 3 heteroatoms. The third kappa shape index (κ3) is 1.38. The highest BCUT2D eigenvalue weighted by Crippen LogP contribution is 2.07. The number of para-hydroxylation sites is 2.